The molecule has 0 atom stereocenters. The van der Waals surface area contributed by atoms with E-state index in [9.17, 15) is 0 Å². The van der Waals surface area contributed by atoms with Crippen molar-refractivity contribution in [3.05, 3.63) is 24.3 Å². The molecule has 0 aromatic heterocycles. The Hall–Kier alpha value is -0.803. The van der Waals surface area contributed by atoms with Crippen LogP contribution < -0.4 is 9.92 Å². The van der Waals surface area contributed by atoms with Crippen molar-refractivity contribution in [2.45, 2.75) is 26.4 Å². The molecule has 0 amide bonds. The average molecular weight is 209 g/mol. The van der Waals surface area contributed by atoms with Crippen LogP contribution >= 0.6 is 0 Å². The van der Waals surface area contributed by atoms with Crippen LogP contribution in [0.5, 0.6) is 5.75 Å². The normalized spacial score (nSPS) is 11.4. The van der Waals surface area contributed by atoms with Gasteiger partial charge in [-0.05, 0) is 38.1 Å². The molecule has 0 heterocycles. The zero-order valence-electron chi connectivity index (χ0n) is 9.20. The molecule has 0 aliphatic heterocycles. The van der Waals surface area contributed by atoms with Crippen LogP contribution in [-0.4, -0.2) is 22.5 Å². The van der Waals surface area contributed by atoms with E-state index in [1.165, 1.54) is 5.19 Å². The monoisotopic (exact) mass is 209 g/mol. The number of methoxy groups -OCH3 is 1. The van der Waals surface area contributed by atoms with Gasteiger partial charge in [-0.3, -0.25) is 0 Å². The topological polar surface area (TPSA) is 18.5 Å². The third kappa shape index (κ3) is 3.94. The van der Waals surface area contributed by atoms with Crippen molar-refractivity contribution in [2.24, 2.45) is 0 Å². The van der Waals surface area contributed by atoms with Gasteiger partial charge in [0.05, 0.1) is 7.11 Å². The predicted octanol–water partition coefficient (Wildman–Crippen LogP) is 1.49. The molecule has 1 aromatic rings. The molecule has 1 rings (SSSR count). The standard InChI is InChI=1S/C11H17O2Si/c1-11(2,3)13-14-10-7-5-9(12-4)6-8-10/h5-8,14H,1-4H3. The van der Waals surface area contributed by atoms with Gasteiger partial charge in [0.1, 0.15) is 5.75 Å². The van der Waals surface area contributed by atoms with Crippen molar-refractivity contribution in [2.75, 3.05) is 7.11 Å². The molecule has 1 radical (unpaired) electrons. The van der Waals surface area contributed by atoms with Gasteiger partial charge in [0.25, 0.3) is 0 Å². The highest BCUT2D eigenvalue weighted by Crippen LogP contribution is 2.07. The second kappa shape index (κ2) is 4.62. The number of ether oxygens (including phenoxy) is 1. The Kier molecular flexibility index (Phi) is 3.72. The van der Waals surface area contributed by atoms with Crippen LogP contribution in [-0.2, 0) is 4.43 Å². The maximum Gasteiger partial charge on any atom is 0.228 e. The summed E-state index contributed by atoms with van der Waals surface area (Å²) in [6.45, 7) is 6.22. The summed E-state index contributed by atoms with van der Waals surface area (Å²) in [4.78, 5) is 0. The molecule has 0 aliphatic carbocycles. The summed E-state index contributed by atoms with van der Waals surface area (Å²) in [5, 5.41) is 1.25. The molecular formula is C11H17O2Si. The Bertz CT molecular complexity index is 274. The number of hydrogen-bond donors (Lipinski definition) is 0. The molecular weight excluding hydrogens is 192 g/mol. The molecule has 0 fully saturated rings. The molecule has 0 unspecified atom stereocenters. The van der Waals surface area contributed by atoms with Gasteiger partial charge in [0.15, 0.2) is 0 Å². The van der Waals surface area contributed by atoms with E-state index in [1.54, 1.807) is 7.11 Å². The summed E-state index contributed by atoms with van der Waals surface area (Å²) in [7, 11) is 1.58. The van der Waals surface area contributed by atoms with Crippen LogP contribution in [0.15, 0.2) is 24.3 Å². The van der Waals surface area contributed by atoms with E-state index in [0.29, 0.717) is 0 Å². The van der Waals surface area contributed by atoms with Crippen molar-refractivity contribution >= 4 is 14.9 Å². The second-order valence-electron chi connectivity index (χ2n) is 4.12. The fraction of sp³-hybridized carbons (Fsp3) is 0.455. The first-order valence-electron chi connectivity index (χ1n) is 4.66. The molecule has 0 N–H and O–H groups in total. The lowest BCUT2D eigenvalue weighted by Gasteiger charge is -2.19. The van der Waals surface area contributed by atoms with Crippen molar-refractivity contribution in [1.29, 1.82) is 0 Å². The van der Waals surface area contributed by atoms with Crippen molar-refractivity contribution in [1.82, 2.24) is 0 Å². The van der Waals surface area contributed by atoms with Crippen LogP contribution in [0.3, 0.4) is 0 Å². The molecule has 2 nitrogen and oxygen atoms in total. The van der Waals surface area contributed by atoms with Gasteiger partial charge in [-0.2, -0.15) is 0 Å². The maximum atomic E-state index is 5.73. The Morgan fingerprint density at radius 3 is 2.07 bits per heavy atom. The van der Waals surface area contributed by atoms with Gasteiger partial charge < -0.3 is 9.16 Å². The molecule has 77 valence electrons. The summed E-state index contributed by atoms with van der Waals surface area (Å²) in [6, 6.07) is 8.04. The quantitative estimate of drug-likeness (QED) is 0.702. The summed E-state index contributed by atoms with van der Waals surface area (Å²) < 4.78 is 10.8. The van der Waals surface area contributed by atoms with Gasteiger partial charge in [-0.25, -0.2) is 0 Å². The molecule has 0 aliphatic rings. The molecule has 1 aromatic carbocycles. The first-order valence-corrected chi connectivity index (χ1v) is 5.71. The minimum absolute atomic E-state index is 0.0464. The predicted molar refractivity (Wildman–Crippen MR) is 60.6 cm³/mol. The fourth-order valence-corrected chi connectivity index (χ4v) is 1.77. The smallest absolute Gasteiger partial charge is 0.228 e. The highest BCUT2D eigenvalue weighted by Gasteiger charge is 2.10. The molecule has 14 heavy (non-hydrogen) atoms. The zero-order chi connectivity index (χ0) is 10.6. The number of hydrogen-bond acceptors (Lipinski definition) is 2. The Balaban J connectivity index is 2.52. The maximum absolute atomic E-state index is 5.73. The molecule has 3 heteroatoms. The SMILES string of the molecule is COc1ccc([SiH]OC(C)(C)C)cc1. The highest BCUT2D eigenvalue weighted by molar-refractivity contribution is 6.47. The minimum Gasteiger partial charge on any atom is -0.497 e. The van der Waals surface area contributed by atoms with Crippen LogP contribution in [0.1, 0.15) is 20.8 Å². The van der Waals surface area contributed by atoms with E-state index >= 15 is 0 Å². The largest absolute Gasteiger partial charge is 0.497 e. The first-order chi connectivity index (χ1) is 6.51. The van der Waals surface area contributed by atoms with Crippen LogP contribution in [0.4, 0.5) is 0 Å². The van der Waals surface area contributed by atoms with Gasteiger partial charge in [-0.1, -0.05) is 12.1 Å². The lowest BCUT2D eigenvalue weighted by Crippen LogP contribution is -2.28. The average Bonchev–Trinajstić information content (AvgIpc) is 2.14. The van der Waals surface area contributed by atoms with E-state index in [4.69, 9.17) is 9.16 Å². The third-order valence-corrected chi connectivity index (χ3v) is 3.15. The van der Waals surface area contributed by atoms with E-state index in [-0.39, 0.29) is 15.4 Å². The van der Waals surface area contributed by atoms with E-state index in [0.717, 1.165) is 5.75 Å². The summed E-state index contributed by atoms with van der Waals surface area (Å²) in [6.07, 6.45) is 0. The van der Waals surface area contributed by atoms with Crippen molar-refractivity contribution in [3.8, 4) is 5.75 Å². The van der Waals surface area contributed by atoms with Gasteiger partial charge in [-0.15, -0.1) is 0 Å². The Labute approximate surface area is 88.2 Å². The lowest BCUT2D eigenvalue weighted by atomic mass is 10.2. The molecule has 0 bridgehead atoms. The molecule has 0 spiro atoms. The van der Waals surface area contributed by atoms with E-state index in [1.807, 2.05) is 12.1 Å². The number of rotatable bonds is 3. The summed E-state index contributed by atoms with van der Waals surface area (Å²) in [5.41, 5.74) is -0.0464. The molecule has 0 saturated heterocycles. The van der Waals surface area contributed by atoms with Crippen LogP contribution in [0, 0.1) is 0 Å². The van der Waals surface area contributed by atoms with Gasteiger partial charge in [0.2, 0.25) is 9.76 Å². The first kappa shape index (κ1) is 11.3. The van der Waals surface area contributed by atoms with E-state index < -0.39 is 0 Å². The Morgan fingerprint density at radius 2 is 1.64 bits per heavy atom. The lowest BCUT2D eigenvalue weighted by molar-refractivity contribution is 0.142. The summed E-state index contributed by atoms with van der Waals surface area (Å²) in [5.74, 6) is 0.893. The van der Waals surface area contributed by atoms with Crippen LogP contribution in [0.25, 0.3) is 0 Å². The van der Waals surface area contributed by atoms with Crippen molar-refractivity contribution in [3.63, 3.8) is 0 Å². The van der Waals surface area contributed by atoms with Crippen molar-refractivity contribution < 1.29 is 9.16 Å². The summed E-state index contributed by atoms with van der Waals surface area (Å²) >= 11 is 0. The third-order valence-electron chi connectivity index (χ3n) is 1.66. The van der Waals surface area contributed by atoms with Gasteiger partial charge >= 0.3 is 0 Å². The highest BCUT2D eigenvalue weighted by atomic mass is 28.2. The fourth-order valence-electron chi connectivity index (χ4n) is 0.927. The minimum atomic E-state index is -0.0983. The van der Waals surface area contributed by atoms with Gasteiger partial charge in [0, 0.05) is 5.60 Å². The Morgan fingerprint density at radius 1 is 1.07 bits per heavy atom. The second-order valence-corrected chi connectivity index (χ2v) is 5.26. The zero-order valence-corrected chi connectivity index (χ0v) is 10.4. The number of benzene rings is 1. The van der Waals surface area contributed by atoms with E-state index in [2.05, 4.69) is 32.9 Å². The van der Waals surface area contributed by atoms with Crippen LogP contribution in [0.2, 0.25) is 0 Å². The molecule has 0 saturated carbocycles.